The third-order valence-electron chi connectivity index (χ3n) is 1.36. The molecule has 1 atom stereocenters. The Morgan fingerprint density at radius 1 is 1.50 bits per heavy atom. The highest BCUT2D eigenvalue weighted by molar-refractivity contribution is 4.88. The quantitative estimate of drug-likeness (QED) is 0.530. The number of hydrogen-bond donors (Lipinski definition) is 0. The summed E-state index contributed by atoms with van der Waals surface area (Å²) < 4.78 is 5.01. The van der Waals surface area contributed by atoms with Crippen LogP contribution in [0.25, 0.3) is 0 Å². The van der Waals surface area contributed by atoms with Gasteiger partial charge in [0.15, 0.2) is 0 Å². The molecule has 1 aromatic rings. The van der Waals surface area contributed by atoms with Crippen LogP contribution in [0, 0.1) is 0 Å². The summed E-state index contributed by atoms with van der Waals surface area (Å²) in [6.07, 6.45) is 4.19. The predicted molar refractivity (Wildman–Crippen MR) is 33.3 cm³/mol. The molecule has 4 heteroatoms. The Kier molecular flexibility index (Phi) is 1.32. The van der Waals surface area contributed by atoms with E-state index in [4.69, 9.17) is 4.74 Å². The van der Waals surface area contributed by atoms with E-state index in [9.17, 15) is 0 Å². The van der Waals surface area contributed by atoms with Crippen LogP contribution in [-0.2, 0) is 11.2 Å². The van der Waals surface area contributed by atoms with Gasteiger partial charge in [0.25, 0.3) is 0 Å². The molecular formula is C6H7N3O. The highest BCUT2D eigenvalue weighted by atomic mass is 16.6. The van der Waals surface area contributed by atoms with Gasteiger partial charge in [-0.3, -0.25) is 0 Å². The van der Waals surface area contributed by atoms with Crippen molar-refractivity contribution in [2.75, 3.05) is 6.61 Å². The fraction of sp³-hybridized carbons (Fsp3) is 0.500. The van der Waals surface area contributed by atoms with E-state index in [1.807, 2.05) is 0 Å². The van der Waals surface area contributed by atoms with Crippen LogP contribution < -0.4 is 0 Å². The lowest BCUT2D eigenvalue weighted by Gasteiger charge is -1.91. The van der Waals surface area contributed by atoms with Crippen molar-refractivity contribution in [1.29, 1.82) is 0 Å². The molecule has 0 N–H and O–H groups in total. The van der Waals surface area contributed by atoms with Crippen molar-refractivity contribution in [2.45, 2.75) is 12.5 Å². The van der Waals surface area contributed by atoms with Crippen molar-refractivity contribution >= 4 is 0 Å². The van der Waals surface area contributed by atoms with Crippen molar-refractivity contribution in [3.63, 3.8) is 0 Å². The van der Waals surface area contributed by atoms with Crippen molar-refractivity contribution in [3.05, 3.63) is 18.5 Å². The van der Waals surface area contributed by atoms with E-state index in [1.165, 1.54) is 12.7 Å². The zero-order chi connectivity index (χ0) is 6.81. The van der Waals surface area contributed by atoms with Crippen LogP contribution in [0.15, 0.2) is 12.7 Å². The van der Waals surface area contributed by atoms with Gasteiger partial charge >= 0.3 is 0 Å². The first-order chi connectivity index (χ1) is 4.95. The molecule has 2 heterocycles. The summed E-state index contributed by atoms with van der Waals surface area (Å²) in [6, 6.07) is 0. The third-order valence-corrected chi connectivity index (χ3v) is 1.36. The molecule has 0 aromatic carbocycles. The van der Waals surface area contributed by atoms with Crippen LogP contribution in [0.4, 0.5) is 0 Å². The Balaban J connectivity index is 2.03. The van der Waals surface area contributed by atoms with Crippen LogP contribution in [0.2, 0.25) is 0 Å². The summed E-state index contributed by atoms with van der Waals surface area (Å²) in [5.74, 6) is 0.817. The maximum absolute atomic E-state index is 5.01. The molecule has 4 nitrogen and oxygen atoms in total. The van der Waals surface area contributed by atoms with E-state index in [1.54, 1.807) is 0 Å². The summed E-state index contributed by atoms with van der Waals surface area (Å²) >= 11 is 0. The fourth-order valence-corrected chi connectivity index (χ4v) is 0.758. The maximum atomic E-state index is 5.01. The zero-order valence-corrected chi connectivity index (χ0v) is 5.40. The van der Waals surface area contributed by atoms with Crippen molar-refractivity contribution in [3.8, 4) is 0 Å². The summed E-state index contributed by atoms with van der Waals surface area (Å²) in [5.41, 5.74) is 0. The zero-order valence-electron chi connectivity index (χ0n) is 5.40. The minimum atomic E-state index is 0.363. The molecule has 52 valence electrons. The monoisotopic (exact) mass is 137 g/mol. The third kappa shape index (κ3) is 1.27. The molecule has 1 unspecified atom stereocenters. The van der Waals surface area contributed by atoms with E-state index in [-0.39, 0.29) is 0 Å². The number of epoxide rings is 1. The largest absolute Gasteiger partial charge is 0.373 e. The first-order valence-corrected chi connectivity index (χ1v) is 3.17. The average Bonchev–Trinajstić information content (AvgIpc) is 2.74. The lowest BCUT2D eigenvalue weighted by Crippen LogP contribution is -1.99. The van der Waals surface area contributed by atoms with Crippen molar-refractivity contribution in [1.82, 2.24) is 15.0 Å². The Morgan fingerprint density at radius 2 is 2.20 bits per heavy atom. The van der Waals surface area contributed by atoms with Gasteiger partial charge in [-0.05, 0) is 0 Å². The highest BCUT2D eigenvalue weighted by Gasteiger charge is 2.23. The Morgan fingerprint density at radius 3 is 2.80 bits per heavy atom. The van der Waals surface area contributed by atoms with E-state index < -0.39 is 0 Å². The van der Waals surface area contributed by atoms with E-state index >= 15 is 0 Å². The summed E-state index contributed by atoms with van der Waals surface area (Å²) in [7, 11) is 0. The molecule has 0 radical (unpaired) electrons. The topological polar surface area (TPSA) is 51.2 Å². The number of ether oxygens (including phenoxy) is 1. The van der Waals surface area contributed by atoms with Gasteiger partial charge in [-0.15, -0.1) is 0 Å². The molecule has 0 bridgehead atoms. The highest BCUT2D eigenvalue weighted by Crippen LogP contribution is 2.12. The maximum Gasteiger partial charge on any atom is 0.134 e. The molecule has 1 fully saturated rings. The van der Waals surface area contributed by atoms with Gasteiger partial charge in [0.1, 0.15) is 18.5 Å². The first kappa shape index (κ1) is 5.73. The lowest BCUT2D eigenvalue weighted by atomic mass is 10.3. The standard InChI is InChI=1S/C6H7N3O/c1(5-2-10-5)6-8-3-7-4-9-6/h3-5H,1-2H2. The molecule has 0 spiro atoms. The van der Waals surface area contributed by atoms with Gasteiger partial charge in [-0.25, -0.2) is 15.0 Å². The molecular weight excluding hydrogens is 130 g/mol. The number of hydrogen-bond acceptors (Lipinski definition) is 4. The molecule has 0 saturated carbocycles. The molecule has 1 aromatic heterocycles. The average molecular weight is 137 g/mol. The van der Waals surface area contributed by atoms with Crippen LogP contribution >= 0.6 is 0 Å². The minimum Gasteiger partial charge on any atom is -0.373 e. The fourth-order valence-electron chi connectivity index (χ4n) is 0.758. The molecule has 1 aliphatic heterocycles. The van der Waals surface area contributed by atoms with Crippen molar-refractivity contribution in [2.24, 2.45) is 0 Å². The van der Waals surface area contributed by atoms with Crippen LogP contribution in [0.5, 0.6) is 0 Å². The van der Waals surface area contributed by atoms with E-state index in [2.05, 4.69) is 15.0 Å². The summed E-state index contributed by atoms with van der Waals surface area (Å²) in [4.78, 5) is 11.6. The van der Waals surface area contributed by atoms with Gasteiger partial charge in [0, 0.05) is 6.42 Å². The lowest BCUT2D eigenvalue weighted by molar-refractivity contribution is 0.404. The predicted octanol–water partition coefficient (Wildman–Crippen LogP) is -0.187. The molecule has 10 heavy (non-hydrogen) atoms. The number of rotatable bonds is 2. The molecule has 0 aliphatic carbocycles. The molecule has 1 aliphatic rings. The second-order valence-corrected chi connectivity index (χ2v) is 2.21. The SMILES string of the molecule is c1ncnc(CC2CO2)n1. The molecule has 1 saturated heterocycles. The van der Waals surface area contributed by atoms with Gasteiger partial charge < -0.3 is 4.74 Å². The van der Waals surface area contributed by atoms with Crippen LogP contribution in [0.3, 0.4) is 0 Å². The number of aromatic nitrogens is 3. The Hall–Kier alpha value is -1.03. The van der Waals surface area contributed by atoms with Crippen molar-refractivity contribution < 1.29 is 4.74 Å². The van der Waals surface area contributed by atoms with Gasteiger partial charge in [0.2, 0.25) is 0 Å². The van der Waals surface area contributed by atoms with Crippen LogP contribution in [-0.4, -0.2) is 27.7 Å². The molecule has 2 rings (SSSR count). The summed E-state index contributed by atoms with van der Waals surface area (Å²) in [6.45, 7) is 0.853. The van der Waals surface area contributed by atoms with Crippen LogP contribution in [0.1, 0.15) is 5.82 Å². The normalized spacial score (nSPS) is 22.6. The van der Waals surface area contributed by atoms with Gasteiger partial charge in [-0.2, -0.15) is 0 Å². The van der Waals surface area contributed by atoms with Gasteiger partial charge in [-0.1, -0.05) is 0 Å². The van der Waals surface area contributed by atoms with Gasteiger partial charge in [0.05, 0.1) is 12.7 Å². The van der Waals surface area contributed by atoms with E-state index in [0.717, 1.165) is 18.9 Å². The Labute approximate surface area is 58.3 Å². The minimum absolute atomic E-state index is 0.363. The molecule has 0 amide bonds. The smallest absolute Gasteiger partial charge is 0.134 e. The first-order valence-electron chi connectivity index (χ1n) is 3.17. The Bertz CT molecular complexity index is 209. The second kappa shape index (κ2) is 2.30. The van der Waals surface area contributed by atoms with E-state index in [0.29, 0.717) is 6.10 Å². The number of nitrogens with zero attached hydrogens (tertiary/aromatic N) is 3. The summed E-state index contributed by atoms with van der Waals surface area (Å²) in [5, 5.41) is 0. The second-order valence-electron chi connectivity index (χ2n) is 2.21.